The van der Waals surface area contributed by atoms with Gasteiger partial charge in [-0.15, -0.1) is 0 Å². The van der Waals surface area contributed by atoms with E-state index >= 15 is 0 Å². The molecule has 1 atom stereocenters. The van der Waals surface area contributed by atoms with Crippen LogP contribution >= 0.6 is 15.9 Å². The number of nitrogens with zero attached hydrogens (tertiary/aromatic N) is 3. The van der Waals surface area contributed by atoms with Crippen LogP contribution in [0.2, 0.25) is 0 Å². The highest BCUT2D eigenvalue weighted by Gasteiger charge is 2.29. The van der Waals surface area contributed by atoms with E-state index < -0.39 is 0 Å². The van der Waals surface area contributed by atoms with E-state index in [1.54, 1.807) is 6.20 Å². The maximum Gasteiger partial charge on any atom is 0.311 e. The van der Waals surface area contributed by atoms with Gasteiger partial charge in [-0.2, -0.15) is 0 Å². The van der Waals surface area contributed by atoms with Crippen molar-refractivity contribution in [2.45, 2.75) is 6.42 Å². The zero-order valence-corrected chi connectivity index (χ0v) is 11.7. The van der Waals surface area contributed by atoms with Crippen LogP contribution in [-0.4, -0.2) is 36.6 Å². The number of pyridine rings is 1. The van der Waals surface area contributed by atoms with Crippen LogP contribution in [-0.2, 0) is 0 Å². The molecule has 0 bridgehead atoms. The van der Waals surface area contributed by atoms with Crippen LogP contribution in [0, 0.1) is 16.0 Å². The van der Waals surface area contributed by atoms with Gasteiger partial charge >= 0.3 is 5.69 Å². The van der Waals surface area contributed by atoms with Crippen molar-refractivity contribution in [2.24, 2.45) is 5.92 Å². The van der Waals surface area contributed by atoms with Crippen LogP contribution in [0.25, 0.3) is 0 Å². The number of aromatic nitrogens is 1. The summed E-state index contributed by atoms with van der Waals surface area (Å²) in [6.07, 6.45) is 3.96. The van der Waals surface area contributed by atoms with Crippen LogP contribution < -0.4 is 10.2 Å². The van der Waals surface area contributed by atoms with Crippen LogP contribution in [0.3, 0.4) is 0 Å². The second kappa shape index (κ2) is 5.62. The molecule has 2 heterocycles. The van der Waals surface area contributed by atoms with Crippen molar-refractivity contribution in [1.82, 2.24) is 10.3 Å². The van der Waals surface area contributed by atoms with Crippen molar-refractivity contribution in [3.63, 3.8) is 0 Å². The lowest BCUT2D eigenvalue weighted by molar-refractivity contribution is -0.384. The van der Waals surface area contributed by atoms with Crippen LogP contribution in [0.1, 0.15) is 6.42 Å². The second-order valence-corrected chi connectivity index (χ2v) is 5.26. The Morgan fingerprint density at radius 2 is 2.44 bits per heavy atom. The van der Waals surface area contributed by atoms with Gasteiger partial charge in [-0.3, -0.25) is 15.1 Å². The number of hydrogen-bond donors (Lipinski definition) is 1. The number of rotatable bonds is 4. The van der Waals surface area contributed by atoms with Crippen LogP contribution in [0.5, 0.6) is 0 Å². The van der Waals surface area contributed by atoms with E-state index in [9.17, 15) is 10.1 Å². The highest BCUT2D eigenvalue weighted by atomic mass is 79.9. The molecule has 0 aliphatic carbocycles. The standard InChI is InChI=1S/C11H15BrN4O2/c1-13-4-8-2-3-15(7-8)11-9(12)5-14-6-10(11)16(17)18/h5-6,8,13H,2-4,7H2,1H3. The van der Waals surface area contributed by atoms with Crippen molar-refractivity contribution in [2.75, 3.05) is 31.6 Å². The van der Waals surface area contributed by atoms with Gasteiger partial charge in [0, 0.05) is 19.3 Å². The molecule has 0 spiro atoms. The predicted molar refractivity (Wildman–Crippen MR) is 72.8 cm³/mol. The van der Waals surface area contributed by atoms with E-state index in [1.165, 1.54) is 6.20 Å². The first-order chi connectivity index (χ1) is 8.63. The average Bonchev–Trinajstić information content (AvgIpc) is 2.77. The fourth-order valence-corrected chi connectivity index (χ4v) is 2.93. The summed E-state index contributed by atoms with van der Waals surface area (Å²) in [5, 5.41) is 14.2. The van der Waals surface area contributed by atoms with E-state index in [0.29, 0.717) is 16.1 Å². The Balaban J connectivity index is 2.26. The minimum absolute atomic E-state index is 0.0643. The highest BCUT2D eigenvalue weighted by Crippen LogP contribution is 2.37. The Morgan fingerprint density at radius 1 is 1.67 bits per heavy atom. The molecule has 7 heteroatoms. The third-order valence-electron chi connectivity index (χ3n) is 3.15. The van der Waals surface area contributed by atoms with Crippen LogP contribution in [0.15, 0.2) is 16.9 Å². The Bertz CT molecular complexity index is 455. The van der Waals surface area contributed by atoms with E-state index in [1.807, 2.05) is 7.05 Å². The summed E-state index contributed by atoms with van der Waals surface area (Å²) in [7, 11) is 1.92. The van der Waals surface area contributed by atoms with E-state index in [2.05, 4.69) is 31.1 Å². The summed E-state index contributed by atoms with van der Waals surface area (Å²) < 4.78 is 0.682. The quantitative estimate of drug-likeness (QED) is 0.677. The molecular weight excluding hydrogens is 300 g/mol. The molecule has 0 aromatic carbocycles. The molecule has 98 valence electrons. The molecule has 0 radical (unpaired) electrons. The lowest BCUT2D eigenvalue weighted by Gasteiger charge is -2.19. The van der Waals surface area contributed by atoms with Gasteiger partial charge in [-0.05, 0) is 41.9 Å². The molecule has 1 aliphatic heterocycles. The van der Waals surface area contributed by atoms with E-state index in [0.717, 1.165) is 26.1 Å². The molecule has 1 fully saturated rings. The molecule has 6 nitrogen and oxygen atoms in total. The Morgan fingerprint density at radius 3 is 3.11 bits per heavy atom. The van der Waals surface area contributed by atoms with Gasteiger partial charge in [0.15, 0.2) is 0 Å². The molecule has 2 rings (SSSR count). The first kappa shape index (κ1) is 13.2. The number of hydrogen-bond acceptors (Lipinski definition) is 5. The summed E-state index contributed by atoms with van der Waals surface area (Å²) in [6.45, 7) is 2.62. The van der Waals surface area contributed by atoms with Gasteiger partial charge in [0.25, 0.3) is 0 Å². The molecule has 1 unspecified atom stereocenters. The van der Waals surface area contributed by atoms with Crippen molar-refractivity contribution in [1.29, 1.82) is 0 Å². The van der Waals surface area contributed by atoms with E-state index in [-0.39, 0.29) is 10.6 Å². The SMILES string of the molecule is CNCC1CCN(c2c(Br)cncc2[N+](=O)[O-])C1. The highest BCUT2D eigenvalue weighted by molar-refractivity contribution is 9.10. The van der Waals surface area contributed by atoms with Gasteiger partial charge in [0.2, 0.25) is 0 Å². The van der Waals surface area contributed by atoms with Crippen molar-refractivity contribution >= 4 is 27.3 Å². The smallest absolute Gasteiger partial charge is 0.311 e. The first-order valence-corrected chi connectivity index (χ1v) is 6.60. The maximum atomic E-state index is 11.0. The van der Waals surface area contributed by atoms with Gasteiger partial charge in [0.1, 0.15) is 11.9 Å². The summed E-state index contributed by atoms with van der Waals surface area (Å²) in [5.41, 5.74) is 0.711. The average molecular weight is 315 g/mol. The number of nitro groups is 1. The zero-order valence-electron chi connectivity index (χ0n) is 10.1. The minimum Gasteiger partial charge on any atom is -0.365 e. The summed E-state index contributed by atoms with van der Waals surface area (Å²) >= 11 is 3.36. The minimum atomic E-state index is -0.376. The lowest BCUT2D eigenvalue weighted by atomic mass is 10.1. The molecule has 1 aromatic rings. The van der Waals surface area contributed by atoms with Gasteiger partial charge < -0.3 is 10.2 Å². The summed E-state index contributed by atoms with van der Waals surface area (Å²) in [5.74, 6) is 0.537. The van der Waals surface area contributed by atoms with Crippen molar-refractivity contribution < 1.29 is 4.92 Å². The zero-order chi connectivity index (χ0) is 13.1. The second-order valence-electron chi connectivity index (χ2n) is 4.40. The molecule has 0 amide bonds. The van der Waals surface area contributed by atoms with Crippen molar-refractivity contribution in [3.05, 3.63) is 27.0 Å². The molecule has 1 N–H and O–H groups in total. The fourth-order valence-electron chi connectivity index (χ4n) is 2.36. The third kappa shape index (κ3) is 2.62. The number of anilines is 1. The monoisotopic (exact) mass is 314 g/mol. The summed E-state index contributed by atoms with van der Waals surface area (Å²) in [4.78, 5) is 16.6. The topological polar surface area (TPSA) is 71.3 Å². The van der Waals surface area contributed by atoms with Gasteiger partial charge in [0.05, 0.1) is 9.40 Å². The third-order valence-corrected chi connectivity index (χ3v) is 3.73. The van der Waals surface area contributed by atoms with Crippen molar-refractivity contribution in [3.8, 4) is 0 Å². The number of nitrogens with one attached hydrogen (secondary N) is 1. The maximum absolute atomic E-state index is 11.0. The van der Waals surface area contributed by atoms with Crippen LogP contribution in [0.4, 0.5) is 11.4 Å². The Hall–Kier alpha value is -1.21. The van der Waals surface area contributed by atoms with Gasteiger partial charge in [-0.1, -0.05) is 0 Å². The lowest BCUT2D eigenvalue weighted by Crippen LogP contribution is -2.25. The molecule has 1 aliphatic rings. The van der Waals surface area contributed by atoms with Gasteiger partial charge in [-0.25, -0.2) is 0 Å². The molecule has 0 saturated carbocycles. The molecule has 1 aromatic heterocycles. The fraction of sp³-hybridized carbons (Fsp3) is 0.545. The van der Waals surface area contributed by atoms with E-state index in [4.69, 9.17) is 0 Å². The Labute approximate surface area is 114 Å². The molecular formula is C11H15BrN4O2. The normalized spacial score (nSPS) is 19.2. The molecule has 18 heavy (non-hydrogen) atoms. The Kier molecular flexibility index (Phi) is 4.13. The predicted octanol–water partition coefficient (Wildman–Crippen LogP) is 1.80. The molecule has 1 saturated heterocycles. The number of halogens is 1. The summed E-state index contributed by atoms with van der Waals surface area (Å²) in [6, 6.07) is 0. The first-order valence-electron chi connectivity index (χ1n) is 5.81. The largest absolute Gasteiger partial charge is 0.365 e.